The number of nitrogens with one attached hydrogen (secondary N) is 2. The molecule has 2 heterocycles. The number of hydrogen-bond acceptors (Lipinski definition) is 3. The first-order valence-electron chi connectivity index (χ1n) is 11.3. The number of rotatable bonds is 7. The van der Waals surface area contributed by atoms with Crippen molar-refractivity contribution < 1.29 is 0 Å². The molecule has 3 rings (SSSR count). The molecule has 1 saturated heterocycles. The molecule has 1 fully saturated rings. The highest BCUT2D eigenvalue weighted by Crippen LogP contribution is 2.26. The Balaban J connectivity index is 0.00000341. The maximum atomic E-state index is 4.86. The van der Waals surface area contributed by atoms with E-state index in [4.69, 9.17) is 4.99 Å². The molecule has 1 aliphatic heterocycles. The molecule has 6 nitrogen and oxygen atoms in total. The topological polar surface area (TPSA) is 57.5 Å². The SMILES string of the molecule is CCNC(=NCc1c(C)nn(C)c1C)NCC(c1ccccc1)N1CCC(C)CC1.I. The highest BCUT2D eigenvalue weighted by molar-refractivity contribution is 14.0. The van der Waals surface area contributed by atoms with E-state index in [1.165, 1.54) is 29.7 Å². The van der Waals surface area contributed by atoms with E-state index in [0.29, 0.717) is 12.6 Å². The lowest BCUT2D eigenvalue weighted by molar-refractivity contribution is 0.138. The Hall–Kier alpha value is -1.61. The van der Waals surface area contributed by atoms with Crippen LogP contribution in [0.4, 0.5) is 0 Å². The Morgan fingerprint density at radius 2 is 1.84 bits per heavy atom. The van der Waals surface area contributed by atoms with Gasteiger partial charge in [-0.2, -0.15) is 5.10 Å². The zero-order valence-electron chi connectivity index (χ0n) is 19.7. The average Bonchev–Trinajstić information content (AvgIpc) is 2.99. The van der Waals surface area contributed by atoms with Crippen LogP contribution in [-0.4, -0.2) is 46.8 Å². The summed E-state index contributed by atoms with van der Waals surface area (Å²) >= 11 is 0. The lowest BCUT2D eigenvalue weighted by Gasteiger charge is -2.37. The third kappa shape index (κ3) is 6.94. The summed E-state index contributed by atoms with van der Waals surface area (Å²) in [4.78, 5) is 7.49. The van der Waals surface area contributed by atoms with Gasteiger partial charge in [0.15, 0.2) is 5.96 Å². The van der Waals surface area contributed by atoms with Crippen molar-refractivity contribution in [2.45, 2.75) is 53.1 Å². The third-order valence-electron chi connectivity index (χ3n) is 6.30. The van der Waals surface area contributed by atoms with E-state index in [0.717, 1.165) is 43.8 Å². The van der Waals surface area contributed by atoms with Crippen molar-refractivity contribution in [2.24, 2.45) is 18.0 Å². The van der Waals surface area contributed by atoms with Crippen LogP contribution in [0.15, 0.2) is 35.3 Å². The van der Waals surface area contributed by atoms with Crippen LogP contribution in [0.1, 0.15) is 55.2 Å². The minimum absolute atomic E-state index is 0. The molecule has 0 spiro atoms. The number of piperidine rings is 1. The Labute approximate surface area is 204 Å². The average molecular weight is 539 g/mol. The molecule has 0 bridgehead atoms. The maximum absolute atomic E-state index is 4.86. The number of hydrogen-bond donors (Lipinski definition) is 2. The van der Waals surface area contributed by atoms with Gasteiger partial charge in [0.05, 0.1) is 18.3 Å². The molecule has 1 atom stereocenters. The van der Waals surface area contributed by atoms with Crippen molar-refractivity contribution in [1.29, 1.82) is 0 Å². The number of likely N-dealkylation sites (tertiary alicyclic amines) is 1. The third-order valence-corrected chi connectivity index (χ3v) is 6.30. The number of aryl methyl sites for hydroxylation is 2. The van der Waals surface area contributed by atoms with Crippen molar-refractivity contribution >= 4 is 29.9 Å². The number of guanidine groups is 1. The quantitative estimate of drug-likeness (QED) is 0.316. The van der Waals surface area contributed by atoms with Gasteiger partial charge in [0.25, 0.3) is 0 Å². The molecule has 0 aliphatic carbocycles. The van der Waals surface area contributed by atoms with Gasteiger partial charge in [0.2, 0.25) is 0 Å². The molecular weight excluding hydrogens is 499 g/mol. The summed E-state index contributed by atoms with van der Waals surface area (Å²) < 4.78 is 1.93. The molecule has 0 radical (unpaired) electrons. The largest absolute Gasteiger partial charge is 0.357 e. The summed E-state index contributed by atoms with van der Waals surface area (Å²) in [5, 5.41) is 11.5. The fourth-order valence-electron chi connectivity index (χ4n) is 4.21. The minimum atomic E-state index is 0. The smallest absolute Gasteiger partial charge is 0.191 e. The monoisotopic (exact) mass is 538 g/mol. The van der Waals surface area contributed by atoms with Crippen LogP contribution in [0, 0.1) is 19.8 Å². The van der Waals surface area contributed by atoms with Gasteiger partial charge in [-0.05, 0) is 58.2 Å². The maximum Gasteiger partial charge on any atom is 0.191 e. The van der Waals surface area contributed by atoms with Gasteiger partial charge in [-0.25, -0.2) is 4.99 Å². The van der Waals surface area contributed by atoms with Crippen LogP contribution in [0.25, 0.3) is 0 Å². The second-order valence-electron chi connectivity index (χ2n) is 8.49. The Kier molecular flexibility index (Phi) is 10.3. The predicted octanol–water partition coefficient (Wildman–Crippen LogP) is 4.18. The first kappa shape index (κ1) is 25.6. The minimum Gasteiger partial charge on any atom is -0.357 e. The van der Waals surface area contributed by atoms with Gasteiger partial charge >= 0.3 is 0 Å². The van der Waals surface area contributed by atoms with Crippen LogP contribution < -0.4 is 10.6 Å². The summed E-state index contributed by atoms with van der Waals surface area (Å²) in [5.74, 6) is 1.70. The summed E-state index contributed by atoms with van der Waals surface area (Å²) in [7, 11) is 1.99. The van der Waals surface area contributed by atoms with E-state index >= 15 is 0 Å². The van der Waals surface area contributed by atoms with Gasteiger partial charge in [-0.15, -0.1) is 24.0 Å². The molecule has 0 saturated carbocycles. The molecule has 1 aliphatic rings. The Morgan fingerprint density at radius 3 is 2.42 bits per heavy atom. The Bertz CT molecular complexity index is 824. The van der Waals surface area contributed by atoms with Crippen LogP contribution >= 0.6 is 24.0 Å². The molecule has 2 aromatic rings. The van der Waals surface area contributed by atoms with Gasteiger partial charge in [0, 0.05) is 31.4 Å². The second kappa shape index (κ2) is 12.4. The van der Waals surface area contributed by atoms with E-state index in [2.05, 4.69) is 78.7 Å². The number of aliphatic imine (C=N–C) groups is 1. The standard InChI is InChI=1S/C24H38N6.HI/c1-6-25-24(26-16-22-19(3)28-29(5)20(22)4)27-17-23(21-10-8-7-9-11-21)30-14-12-18(2)13-15-30;/h7-11,18,23H,6,12-17H2,1-5H3,(H2,25,26,27);1H. The van der Waals surface area contributed by atoms with E-state index in [1.54, 1.807) is 0 Å². The van der Waals surface area contributed by atoms with Crippen molar-refractivity contribution in [1.82, 2.24) is 25.3 Å². The zero-order valence-corrected chi connectivity index (χ0v) is 22.0. The van der Waals surface area contributed by atoms with Gasteiger partial charge < -0.3 is 10.6 Å². The molecule has 172 valence electrons. The Morgan fingerprint density at radius 1 is 1.16 bits per heavy atom. The fraction of sp³-hybridized carbons (Fsp3) is 0.583. The molecule has 31 heavy (non-hydrogen) atoms. The van der Waals surface area contributed by atoms with Crippen LogP contribution in [-0.2, 0) is 13.6 Å². The molecule has 2 N–H and O–H groups in total. The second-order valence-corrected chi connectivity index (χ2v) is 8.49. The van der Waals surface area contributed by atoms with Crippen LogP contribution in [0.2, 0.25) is 0 Å². The van der Waals surface area contributed by atoms with Gasteiger partial charge in [-0.3, -0.25) is 9.58 Å². The number of aromatic nitrogens is 2. The summed E-state index contributed by atoms with van der Waals surface area (Å²) in [6, 6.07) is 11.2. The lowest BCUT2D eigenvalue weighted by Crippen LogP contribution is -2.45. The summed E-state index contributed by atoms with van der Waals surface area (Å²) in [5.41, 5.74) is 4.81. The molecule has 0 amide bonds. The summed E-state index contributed by atoms with van der Waals surface area (Å²) in [6.45, 7) is 13.3. The molecule has 1 aromatic carbocycles. The van der Waals surface area contributed by atoms with Crippen LogP contribution in [0.3, 0.4) is 0 Å². The van der Waals surface area contributed by atoms with Crippen molar-refractivity contribution in [3.05, 3.63) is 52.8 Å². The molecule has 7 heteroatoms. The number of nitrogens with zero attached hydrogens (tertiary/aromatic N) is 4. The van der Waals surface area contributed by atoms with Crippen molar-refractivity contribution in [3.63, 3.8) is 0 Å². The van der Waals surface area contributed by atoms with Gasteiger partial charge in [-0.1, -0.05) is 37.3 Å². The summed E-state index contributed by atoms with van der Waals surface area (Å²) in [6.07, 6.45) is 2.55. The van der Waals surface area contributed by atoms with Crippen molar-refractivity contribution in [3.8, 4) is 0 Å². The fourth-order valence-corrected chi connectivity index (χ4v) is 4.21. The van der Waals surface area contributed by atoms with E-state index in [1.807, 2.05) is 11.7 Å². The molecule has 1 aromatic heterocycles. The predicted molar refractivity (Wildman–Crippen MR) is 140 cm³/mol. The van der Waals surface area contributed by atoms with E-state index < -0.39 is 0 Å². The number of halogens is 1. The number of benzene rings is 1. The van der Waals surface area contributed by atoms with Crippen LogP contribution in [0.5, 0.6) is 0 Å². The zero-order chi connectivity index (χ0) is 21.5. The first-order valence-corrected chi connectivity index (χ1v) is 11.3. The van der Waals surface area contributed by atoms with E-state index in [9.17, 15) is 0 Å². The normalized spacial score (nSPS) is 16.6. The lowest BCUT2D eigenvalue weighted by atomic mass is 9.95. The molecule has 1 unspecified atom stereocenters. The van der Waals surface area contributed by atoms with E-state index in [-0.39, 0.29) is 24.0 Å². The molecular formula is C24H39IN6. The van der Waals surface area contributed by atoms with Crippen molar-refractivity contribution in [2.75, 3.05) is 26.2 Å². The highest BCUT2D eigenvalue weighted by Gasteiger charge is 2.24. The van der Waals surface area contributed by atoms with Gasteiger partial charge in [0.1, 0.15) is 0 Å². The first-order chi connectivity index (χ1) is 14.5. The highest BCUT2D eigenvalue weighted by atomic mass is 127.